The Morgan fingerprint density at radius 2 is 0.967 bits per heavy atom. The van der Waals surface area contributed by atoms with Crippen LogP contribution in [-0.4, -0.2) is 25.4 Å². The first-order chi connectivity index (χ1) is 28.3. The maximum Gasteiger partial charge on any atom is 0.134 e. The summed E-state index contributed by atoms with van der Waals surface area (Å²) in [5.74, 6) is 2.73. The molecule has 0 aliphatic rings. The molecule has 0 fully saturated rings. The summed E-state index contributed by atoms with van der Waals surface area (Å²) in [7, 11) is 1.77. The normalized spacial score (nSPS) is 12.4. The molecule has 1 atom stereocenters. The smallest absolute Gasteiger partial charge is 0.134 e. The summed E-state index contributed by atoms with van der Waals surface area (Å²) in [6.45, 7) is 29.5. The fourth-order valence-electron chi connectivity index (χ4n) is 8.56. The van der Waals surface area contributed by atoms with E-state index in [9.17, 15) is 5.11 Å². The molecule has 0 aliphatic carbocycles. The van der Waals surface area contributed by atoms with Crippen LogP contribution in [0.4, 0.5) is 0 Å². The number of ether oxygens (including phenoxy) is 3. The zero-order chi connectivity index (χ0) is 43.7. The Morgan fingerprint density at radius 3 is 1.47 bits per heavy atom. The van der Waals surface area contributed by atoms with Crippen LogP contribution in [0, 0.1) is 47.5 Å². The predicted molar refractivity (Wildman–Crippen MR) is 253 cm³/mol. The maximum atomic E-state index is 12.0. The van der Waals surface area contributed by atoms with Gasteiger partial charge >= 0.3 is 0 Å². The minimum Gasteiger partial charge on any atom is -0.507 e. The highest BCUT2D eigenvalue weighted by Crippen LogP contribution is 2.47. The third-order valence-corrected chi connectivity index (χ3v) is 11.8. The molecule has 0 bridgehead atoms. The fourth-order valence-corrected chi connectivity index (χ4v) is 8.56. The second kappa shape index (κ2) is 17.6. The third-order valence-electron chi connectivity index (χ3n) is 11.8. The van der Waals surface area contributed by atoms with Gasteiger partial charge in [0.25, 0.3) is 0 Å². The SMILES string of the molecule is COc1c(-c2ccccc2OCC(C)COc2ccccc2-c2cc(C(C)(C)C)cc(Cc3c(C)cc(C)cc3C)c2O)cc(C(C)(C)C)cc1-c1c(C)cc(C)cc1C. The summed E-state index contributed by atoms with van der Waals surface area (Å²) < 4.78 is 19.6. The molecule has 0 radical (unpaired) electrons. The lowest BCUT2D eigenvalue weighted by Gasteiger charge is -2.26. The Balaban J connectivity index is 1.28. The van der Waals surface area contributed by atoms with Gasteiger partial charge in [-0.15, -0.1) is 0 Å². The lowest BCUT2D eigenvalue weighted by Crippen LogP contribution is -2.17. The number of para-hydroxylation sites is 2. The van der Waals surface area contributed by atoms with Crippen LogP contribution in [0.25, 0.3) is 33.4 Å². The van der Waals surface area contributed by atoms with E-state index in [0.717, 1.165) is 50.6 Å². The van der Waals surface area contributed by atoms with Gasteiger partial charge in [-0.25, -0.2) is 0 Å². The summed E-state index contributed by atoms with van der Waals surface area (Å²) in [4.78, 5) is 0. The predicted octanol–water partition coefficient (Wildman–Crippen LogP) is 14.5. The molecule has 0 heterocycles. The number of phenols is 1. The molecular formula is C56H66O4. The van der Waals surface area contributed by atoms with Crippen molar-refractivity contribution in [1.29, 1.82) is 0 Å². The Hall–Kier alpha value is -5.48. The molecule has 0 saturated heterocycles. The van der Waals surface area contributed by atoms with Crippen LogP contribution in [0.15, 0.2) is 97.1 Å². The van der Waals surface area contributed by atoms with Crippen LogP contribution in [-0.2, 0) is 17.3 Å². The molecular weight excluding hydrogens is 737 g/mol. The van der Waals surface area contributed by atoms with Crippen molar-refractivity contribution in [3.63, 3.8) is 0 Å². The van der Waals surface area contributed by atoms with E-state index in [1.807, 2.05) is 36.4 Å². The summed E-state index contributed by atoms with van der Waals surface area (Å²) in [6.07, 6.45) is 0.651. The van der Waals surface area contributed by atoms with Gasteiger partial charge in [0.1, 0.15) is 23.0 Å². The molecule has 6 aromatic rings. The molecule has 0 amide bonds. The number of rotatable bonds is 12. The number of aryl methyl sites for hydroxylation is 6. The summed E-state index contributed by atoms with van der Waals surface area (Å²) in [5, 5.41) is 12.0. The van der Waals surface area contributed by atoms with Crippen molar-refractivity contribution < 1.29 is 19.3 Å². The van der Waals surface area contributed by atoms with Crippen molar-refractivity contribution in [2.45, 2.75) is 107 Å². The molecule has 0 aromatic heterocycles. The second-order valence-corrected chi connectivity index (χ2v) is 19.2. The van der Waals surface area contributed by atoms with Gasteiger partial charge in [-0.3, -0.25) is 0 Å². The average molecular weight is 803 g/mol. The minimum atomic E-state index is -0.120. The Bertz CT molecular complexity index is 2460. The topological polar surface area (TPSA) is 47.9 Å². The number of methoxy groups -OCH3 is 1. The zero-order valence-electron chi connectivity index (χ0n) is 38.6. The van der Waals surface area contributed by atoms with Crippen molar-refractivity contribution in [2.75, 3.05) is 20.3 Å². The zero-order valence-corrected chi connectivity index (χ0v) is 38.6. The van der Waals surface area contributed by atoms with E-state index in [1.165, 1.54) is 55.6 Å². The van der Waals surface area contributed by atoms with Crippen molar-refractivity contribution in [3.05, 3.63) is 153 Å². The first-order valence-corrected chi connectivity index (χ1v) is 21.4. The number of hydrogen-bond donors (Lipinski definition) is 1. The summed E-state index contributed by atoms with van der Waals surface area (Å²) >= 11 is 0. The highest BCUT2D eigenvalue weighted by Gasteiger charge is 2.26. The van der Waals surface area contributed by atoms with Crippen molar-refractivity contribution in [2.24, 2.45) is 5.92 Å². The van der Waals surface area contributed by atoms with E-state index in [4.69, 9.17) is 14.2 Å². The molecule has 1 unspecified atom stereocenters. The van der Waals surface area contributed by atoms with Gasteiger partial charge in [-0.05, 0) is 133 Å². The van der Waals surface area contributed by atoms with Crippen molar-refractivity contribution in [3.8, 4) is 56.4 Å². The number of aromatic hydroxyl groups is 1. The van der Waals surface area contributed by atoms with E-state index < -0.39 is 0 Å². The van der Waals surface area contributed by atoms with Crippen molar-refractivity contribution in [1.82, 2.24) is 0 Å². The van der Waals surface area contributed by atoms with Gasteiger partial charge in [0.2, 0.25) is 0 Å². The highest BCUT2D eigenvalue weighted by atomic mass is 16.5. The monoisotopic (exact) mass is 802 g/mol. The molecule has 0 saturated carbocycles. The van der Waals surface area contributed by atoms with Crippen LogP contribution in [0.2, 0.25) is 0 Å². The Morgan fingerprint density at radius 1 is 0.533 bits per heavy atom. The number of benzene rings is 6. The fraction of sp³-hybridized carbons (Fsp3) is 0.357. The molecule has 1 N–H and O–H groups in total. The molecule has 314 valence electrons. The van der Waals surface area contributed by atoms with Gasteiger partial charge < -0.3 is 19.3 Å². The minimum absolute atomic E-state index is 0.0555. The lowest BCUT2D eigenvalue weighted by atomic mass is 9.81. The van der Waals surface area contributed by atoms with Gasteiger partial charge in [0, 0.05) is 40.2 Å². The second-order valence-electron chi connectivity index (χ2n) is 19.2. The molecule has 0 spiro atoms. The van der Waals surface area contributed by atoms with Crippen LogP contribution >= 0.6 is 0 Å². The van der Waals surface area contributed by atoms with E-state index in [2.05, 4.69) is 151 Å². The molecule has 4 heteroatoms. The van der Waals surface area contributed by atoms with Crippen LogP contribution < -0.4 is 14.2 Å². The molecule has 6 rings (SSSR count). The molecule has 6 aromatic carbocycles. The average Bonchev–Trinajstić information content (AvgIpc) is 3.17. The first-order valence-electron chi connectivity index (χ1n) is 21.4. The Labute approximate surface area is 360 Å². The quantitative estimate of drug-likeness (QED) is 0.134. The van der Waals surface area contributed by atoms with Crippen LogP contribution in [0.1, 0.15) is 104 Å². The largest absolute Gasteiger partial charge is 0.507 e. The van der Waals surface area contributed by atoms with Crippen LogP contribution in [0.3, 0.4) is 0 Å². The van der Waals surface area contributed by atoms with Crippen LogP contribution in [0.5, 0.6) is 23.0 Å². The van der Waals surface area contributed by atoms with Gasteiger partial charge in [-0.2, -0.15) is 0 Å². The maximum absolute atomic E-state index is 12.0. The summed E-state index contributed by atoms with van der Waals surface area (Å²) in [5.41, 5.74) is 17.8. The standard InChI is InChI=1S/C56H66O4/c1-34-23-37(4)46(38(5)24-34)28-41-27-42(55(8,9)10)29-47(53(41)57)44-19-15-17-21-50(44)59-32-36(3)33-60-51-22-18-16-20-45(51)48-30-43(56(11,12)13)31-49(54(48)58-14)52-39(6)25-35(2)26-40(52)7/h15-27,29-31,36,57H,28,32-33H2,1-14H3. The van der Waals surface area contributed by atoms with Gasteiger partial charge in [0.05, 0.1) is 20.3 Å². The van der Waals surface area contributed by atoms with E-state index in [-0.39, 0.29) is 16.7 Å². The van der Waals surface area contributed by atoms with Gasteiger partial charge in [-0.1, -0.05) is 126 Å². The van der Waals surface area contributed by atoms with E-state index in [0.29, 0.717) is 25.4 Å². The molecule has 4 nitrogen and oxygen atoms in total. The number of hydrogen-bond acceptors (Lipinski definition) is 4. The highest BCUT2D eigenvalue weighted by molar-refractivity contribution is 5.88. The lowest BCUT2D eigenvalue weighted by molar-refractivity contribution is 0.189. The first kappa shape index (κ1) is 44.1. The molecule has 0 aliphatic heterocycles. The van der Waals surface area contributed by atoms with E-state index in [1.54, 1.807) is 7.11 Å². The third kappa shape index (κ3) is 9.60. The van der Waals surface area contributed by atoms with E-state index >= 15 is 0 Å². The Kier molecular flexibility index (Phi) is 12.9. The van der Waals surface area contributed by atoms with Gasteiger partial charge in [0.15, 0.2) is 0 Å². The van der Waals surface area contributed by atoms with Crippen molar-refractivity contribution >= 4 is 0 Å². The number of phenolic OH excluding ortho intramolecular Hbond substituents is 1. The summed E-state index contributed by atoms with van der Waals surface area (Å²) in [6, 6.07) is 34.2. The molecule has 60 heavy (non-hydrogen) atoms.